The van der Waals surface area contributed by atoms with E-state index in [2.05, 4.69) is 0 Å². The largest absolute Gasteiger partial charge is 0.491 e. The van der Waals surface area contributed by atoms with Gasteiger partial charge in [-0.25, -0.2) is 4.39 Å². The third-order valence-corrected chi connectivity index (χ3v) is 2.03. The van der Waals surface area contributed by atoms with Crippen molar-refractivity contribution in [2.24, 2.45) is 0 Å². The number of hydrogen-bond donors (Lipinski definition) is 0. The van der Waals surface area contributed by atoms with Crippen LogP contribution in [0.1, 0.15) is 26.3 Å². The molecule has 0 saturated heterocycles. The fourth-order valence-corrected chi connectivity index (χ4v) is 1.17. The molecule has 0 radical (unpaired) electrons. The van der Waals surface area contributed by atoms with Gasteiger partial charge < -0.3 is 9.47 Å². The number of aryl methyl sites for hydroxylation is 1. The van der Waals surface area contributed by atoms with Crippen LogP contribution in [-0.4, -0.2) is 18.8 Å². The first-order chi connectivity index (χ1) is 7.38. The first-order valence-electron chi connectivity index (χ1n) is 5.41. The molecule has 0 spiro atoms. The Kier molecular flexibility index (Phi) is 4.30. The summed E-state index contributed by atoms with van der Waals surface area (Å²) in [5.41, 5.74) is 0.459. The fraction of sp³-hybridized carbons (Fsp3) is 0.538. The van der Waals surface area contributed by atoms with E-state index >= 15 is 0 Å². The van der Waals surface area contributed by atoms with E-state index in [1.165, 1.54) is 6.07 Å². The summed E-state index contributed by atoms with van der Waals surface area (Å²) in [6.07, 6.45) is 0. The molecule has 0 N–H and O–H groups in total. The zero-order valence-corrected chi connectivity index (χ0v) is 10.3. The summed E-state index contributed by atoms with van der Waals surface area (Å²) < 4.78 is 24.0. The molecule has 3 heteroatoms. The summed E-state index contributed by atoms with van der Waals surface area (Å²) in [5.74, 6) is 0.301. The molecule has 0 aromatic heterocycles. The Balaban J connectivity index is 2.35. The van der Waals surface area contributed by atoms with Gasteiger partial charge in [-0.05, 0) is 39.3 Å². The zero-order valence-electron chi connectivity index (χ0n) is 10.3. The Bertz CT molecular complexity index is 342. The van der Waals surface area contributed by atoms with Gasteiger partial charge in [-0.15, -0.1) is 0 Å². The Morgan fingerprint density at radius 3 is 2.44 bits per heavy atom. The molecule has 1 aromatic carbocycles. The minimum Gasteiger partial charge on any atom is -0.491 e. The van der Waals surface area contributed by atoms with Gasteiger partial charge in [0, 0.05) is 6.07 Å². The van der Waals surface area contributed by atoms with Crippen molar-refractivity contribution in [1.29, 1.82) is 0 Å². The Hall–Kier alpha value is -1.09. The molecule has 0 unspecified atom stereocenters. The van der Waals surface area contributed by atoms with Crippen molar-refractivity contribution in [3.63, 3.8) is 0 Å². The number of halogens is 1. The van der Waals surface area contributed by atoms with Crippen LogP contribution in [0.25, 0.3) is 0 Å². The maximum absolute atomic E-state index is 13.2. The minimum absolute atomic E-state index is 0.165. The predicted octanol–water partition coefficient (Wildman–Crippen LogP) is 3.33. The topological polar surface area (TPSA) is 18.5 Å². The molecule has 0 bridgehead atoms. The van der Waals surface area contributed by atoms with Crippen molar-refractivity contribution in [3.8, 4) is 5.75 Å². The van der Waals surface area contributed by atoms with Crippen molar-refractivity contribution in [1.82, 2.24) is 0 Å². The summed E-state index contributed by atoms with van der Waals surface area (Å²) in [4.78, 5) is 0. The molecular weight excluding hydrogens is 207 g/mol. The lowest BCUT2D eigenvalue weighted by Gasteiger charge is -2.19. The molecule has 1 rings (SSSR count). The molecule has 0 heterocycles. The molecule has 0 atom stereocenters. The molecule has 0 amide bonds. The lowest BCUT2D eigenvalue weighted by Crippen LogP contribution is -2.22. The van der Waals surface area contributed by atoms with Crippen LogP contribution in [0.3, 0.4) is 0 Å². The van der Waals surface area contributed by atoms with E-state index in [0.717, 1.165) is 0 Å². The van der Waals surface area contributed by atoms with Crippen molar-refractivity contribution < 1.29 is 13.9 Å². The molecular formula is C13H19FO2. The van der Waals surface area contributed by atoms with E-state index in [9.17, 15) is 4.39 Å². The van der Waals surface area contributed by atoms with Crippen LogP contribution >= 0.6 is 0 Å². The van der Waals surface area contributed by atoms with Crippen LogP contribution in [0.15, 0.2) is 18.2 Å². The van der Waals surface area contributed by atoms with E-state index in [1.807, 2.05) is 20.8 Å². The summed E-state index contributed by atoms with van der Waals surface area (Å²) in [5, 5.41) is 0. The lowest BCUT2D eigenvalue weighted by atomic mass is 10.2. The SMILES string of the molecule is Cc1ccc(OCCOC(C)(C)C)cc1F. The Labute approximate surface area is 96.4 Å². The van der Waals surface area contributed by atoms with Gasteiger partial charge in [0.25, 0.3) is 0 Å². The monoisotopic (exact) mass is 226 g/mol. The summed E-state index contributed by atoms with van der Waals surface area (Å²) in [7, 11) is 0. The van der Waals surface area contributed by atoms with Gasteiger partial charge in [0.2, 0.25) is 0 Å². The standard InChI is InChI=1S/C13H19FO2/c1-10-5-6-11(9-12(10)14)15-7-8-16-13(2,3)4/h5-6,9H,7-8H2,1-4H3. The molecule has 90 valence electrons. The van der Waals surface area contributed by atoms with E-state index in [4.69, 9.17) is 9.47 Å². The number of benzene rings is 1. The van der Waals surface area contributed by atoms with Gasteiger partial charge in [0.1, 0.15) is 18.2 Å². The number of hydrogen-bond acceptors (Lipinski definition) is 2. The Morgan fingerprint density at radius 2 is 1.88 bits per heavy atom. The summed E-state index contributed by atoms with van der Waals surface area (Å²) in [6.45, 7) is 8.61. The van der Waals surface area contributed by atoms with Crippen LogP contribution in [0.4, 0.5) is 4.39 Å². The second-order valence-electron chi connectivity index (χ2n) is 4.72. The molecule has 0 aliphatic heterocycles. The molecule has 0 aliphatic rings. The summed E-state index contributed by atoms with van der Waals surface area (Å²) in [6, 6.07) is 4.86. The van der Waals surface area contributed by atoms with E-state index in [1.54, 1.807) is 19.1 Å². The molecule has 0 saturated carbocycles. The van der Waals surface area contributed by atoms with Crippen LogP contribution in [0.2, 0.25) is 0 Å². The van der Waals surface area contributed by atoms with E-state index < -0.39 is 0 Å². The van der Waals surface area contributed by atoms with Crippen LogP contribution in [-0.2, 0) is 4.74 Å². The zero-order chi connectivity index (χ0) is 12.2. The normalized spacial score (nSPS) is 11.6. The van der Waals surface area contributed by atoms with E-state index in [-0.39, 0.29) is 11.4 Å². The third-order valence-electron chi connectivity index (χ3n) is 2.03. The lowest BCUT2D eigenvalue weighted by molar-refractivity contribution is -0.0163. The van der Waals surface area contributed by atoms with Crippen molar-refractivity contribution >= 4 is 0 Å². The quantitative estimate of drug-likeness (QED) is 0.733. The van der Waals surface area contributed by atoms with Gasteiger partial charge in [0.05, 0.1) is 12.2 Å². The second-order valence-corrected chi connectivity index (χ2v) is 4.72. The second kappa shape index (κ2) is 5.30. The van der Waals surface area contributed by atoms with Crippen molar-refractivity contribution in [2.75, 3.05) is 13.2 Å². The van der Waals surface area contributed by atoms with Gasteiger partial charge in [-0.1, -0.05) is 6.07 Å². The smallest absolute Gasteiger partial charge is 0.129 e. The number of rotatable bonds is 4. The minimum atomic E-state index is -0.241. The number of ether oxygens (including phenoxy) is 2. The van der Waals surface area contributed by atoms with Gasteiger partial charge in [-0.2, -0.15) is 0 Å². The summed E-state index contributed by atoms with van der Waals surface area (Å²) >= 11 is 0. The first kappa shape index (κ1) is 13.0. The molecule has 0 fully saturated rings. The van der Waals surface area contributed by atoms with Crippen LogP contribution in [0.5, 0.6) is 5.75 Å². The van der Waals surface area contributed by atoms with Crippen LogP contribution in [0, 0.1) is 12.7 Å². The molecule has 2 nitrogen and oxygen atoms in total. The molecule has 1 aromatic rings. The van der Waals surface area contributed by atoms with Crippen molar-refractivity contribution in [3.05, 3.63) is 29.6 Å². The van der Waals surface area contributed by atoms with Gasteiger partial charge in [-0.3, -0.25) is 0 Å². The highest BCUT2D eigenvalue weighted by molar-refractivity contribution is 5.27. The predicted molar refractivity (Wildman–Crippen MR) is 62.3 cm³/mol. The highest BCUT2D eigenvalue weighted by atomic mass is 19.1. The maximum Gasteiger partial charge on any atom is 0.129 e. The van der Waals surface area contributed by atoms with Gasteiger partial charge >= 0.3 is 0 Å². The van der Waals surface area contributed by atoms with Gasteiger partial charge in [0.15, 0.2) is 0 Å². The average Bonchev–Trinajstić information content (AvgIpc) is 2.17. The molecule has 0 aliphatic carbocycles. The third kappa shape index (κ3) is 4.62. The Morgan fingerprint density at radius 1 is 1.19 bits per heavy atom. The maximum atomic E-state index is 13.2. The molecule has 16 heavy (non-hydrogen) atoms. The fourth-order valence-electron chi connectivity index (χ4n) is 1.17. The first-order valence-corrected chi connectivity index (χ1v) is 5.41. The van der Waals surface area contributed by atoms with E-state index in [0.29, 0.717) is 24.5 Å². The average molecular weight is 226 g/mol. The highest BCUT2D eigenvalue weighted by Crippen LogP contribution is 2.15. The highest BCUT2D eigenvalue weighted by Gasteiger charge is 2.09. The van der Waals surface area contributed by atoms with Crippen molar-refractivity contribution in [2.45, 2.75) is 33.3 Å². The van der Waals surface area contributed by atoms with Crippen LogP contribution < -0.4 is 4.74 Å².